The molecule has 0 bridgehead atoms. The van der Waals surface area contributed by atoms with Crippen LogP contribution in [0.2, 0.25) is 5.02 Å². The Morgan fingerprint density at radius 2 is 2.14 bits per heavy atom. The van der Waals surface area contributed by atoms with Crippen molar-refractivity contribution in [2.24, 2.45) is 5.92 Å². The highest BCUT2D eigenvalue weighted by Gasteiger charge is 2.46. The Bertz CT molecular complexity index is 1450. The standard InChI is InChI=1S/C25H22ClFN6O2/c1-13-2-4-28-11-18(13)16-8-14-9-21(30-12-19(14)22(26)23(16)27)32-24(34)17-10-15(17)20-3-5-31-33(20)25-29-6-7-35-25/h2-5,8-9,11-12,15,17,25,29H,6-7,10H2,1H3,(H,30,32,34)/t15-,17-,25?/m1/s1. The van der Waals surface area contributed by atoms with Crippen LogP contribution in [0.25, 0.3) is 21.9 Å². The molecule has 1 amide bonds. The lowest BCUT2D eigenvalue weighted by atomic mass is 9.99. The minimum Gasteiger partial charge on any atom is -0.342 e. The van der Waals surface area contributed by atoms with Gasteiger partial charge < -0.3 is 10.1 Å². The van der Waals surface area contributed by atoms with Crippen molar-refractivity contribution in [3.8, 4) is 11.1 Å². The smallest absolute Gasteiger partial charge is 0.229 e. The van der Waals surface area contributed by atoms with Crippen LogP contribution in [0, 0.1) is 18.7 Å². The molecule has 1 aromatic carbocycles. The van der Waals surface area contributed by atoms with Crippen LogP contribution >= 0.6 is 11.6 Å². The topological polar surface area (TPSA) is 94.0 Å². The number of benzene rings is 1. The molecule has 10 heteroatoms. The summed E-state index contributed by atoms with van der Waals surface area (Å²) >= 11 is 6.35. The zero-order valence-electron chi connectivity index (χ0n) is 18.8. The van der Waals surface area contributed by atoms with Crippen LogP contribution in [0.15, 0.2) is 49.1 Å². The van der Waals surface area contributed by atoms with Gasteiger partial charge in [0, 0.05) is 65.4 Å². The molecule has 6 rings (SSSR count). The van der Waals surface area contributed by atoms with Crippen molar-refractivity contribution in [3.05, 3.63) is 71.2 Å². The number of rotatable bonds is 5. The van der Waals surface area contributed by atoms with Gasteiger partial charge in [-0.1, -0.05) is 11.6 Å². The molecule has 2 aliphatic rings. The molecule has 4 heterocycles. The van der Waals surface area contributed by atoms with Crippen LogP contribution in [0.4, 0.5) is 10.2 Å². The van der Waals surface area contributed by atoms with Gasteiger partial charge in [0.15, 0.2) is 0 Å². The largest absolute Gasteiger partial charge is 0.342 e. The number of nitrogens with one attached hydrogen (secondary N) is 2. The second-order valence-electron chi connectivity index (χ2n) is 8.85. The van der Waals surface area contributed by atoms with Gasteiger partial charge >= 0.3 is 0 Å². The zero-order chi connectivity index (χ0) is 24.1. The van der Waals surface area contributed by atoms with Crippen LogP contribution < -0.4 is 10.6 Å². The first-order valence-corrected chi connectivity index (χ1v) is 11.8. The minimum absolute atomic E-state index is 0.00982. The van der Waals surface area contributed by atoms with Crippen LogP contribution in [0.1, 0.15) is 29.9 Å². The number of aryl methyl sites for hydroxylation is 1. The fraction of sp³-hybridized carbons (Fsp3) is 0.280. The van der Waals surface area contributed by atoms with Crippen molar-refractivity contribution >= 4 is 34.1 Å². The number of aromatic nitrogens is 4. The van der Waals surface area contributed by atoms with E-state index in [0.717, 1.165) is 24.2 Å². The molecule has 0 spiro atoms. The number of ether oxygens (including phenoxy) is 1. The summed E-state index contributed by atoms with van der Waals surface area (Å²) in [5.41, 5.74) is 2.87. The predicted molar refractivity (Wildman–Crippen MR) is 129 cm³/mol. The van der Waals surface area contributed by atoms with Gasteiger partial charge in [-0.2, -0.15) is 5.10 Å². The molecule has 2 fully saturated rings. The molecule has 3 aromatic heterocycles. The summed E-state index contributed by atoms with van der Waals surface area (Å²) in [6.07, 6.45) is 6.91. The molecule has 35 heavy (non-hydrogen) atoms. The second-order valence-corrected chi connectivity index (χ2v) is 9.23. The van der Waals surface area contributed by atoms with Gasteiger partial charge in [-0.05, 0) is 48.6 Å². The molecule has 1 saturated heterocycles. The van der Waals surface area contributed by atoms with E-state index in [9.17, 15) is 4.79 Å². The van der Waals surface area contributed by atoms with Crippen molar-refractivity contribution in [2.75, 3.05) is 18.5 Å². The van der Waals surface area contributed by atoms with E-state index in [1.807, 2.05) is 19.1 Å². The fourth-order valence-corrected chi connectivity index (χ4v) is 4.91. The molecule has 1 aliphatic heterocycles. The van der Waals surface area contributed by atoms with Crippen molar-refractivity contribution in [3.63, 3.8) is 0 Å². The first-order valence-electron chi connectivity index (χ1n) is 11.4. The number of fused-ring (bicyclic) bond motifs is 1. The van der Waals surface area contributed by atoms with Crippen molar-refractivity contribution < 1.29 is 13.9 Å². The maximum Gasteiger partial charge on any atom is 0.229 e. The molecule has 1 saturated carbocycles. The summed E-state index contributed by atoms with van der Waals surface area (Å²) in [5, 5.41) is 11.6. The highest BCUT2D eigenvalue weighted by molar-refractivity contribution is 6.36. The first kappa shape index (κ1) is 22.1. The van der Waals surface area contributed by atoms with E-state index in [1.54, 1.807) is 35.4 Å². The predicted octanol–water partition coefficient (Wildman–Crippen LogP) is 4.41. The molecule has 2 N–H and O–H groups in total. The van der Waals surface area contributed by atoms with E-state index < -0.39 is 5.82 Å². The zero-order valence-corrected chi connectivity index (χ0v) is 19.6. The number of hydrogen-bond donors (Lipinski definition) is 2. The Kier molecular flexibility index (Phi) is 5.47. The lowest BCUT2D eigenvalue weighted by molar-refractivity contribution is -0.117. The normalized spacial score (nSPS) is 21.4. The van der Waals surface area contributed by atoms with Gasteiger partial charge in [0.2, 0.25) is 12.3 Å². The monoisotopic (exact) mass is 492 g/mol. The quantitative estimate of drug-likeness (QED) is 0.428. The number of amides is 1. The Morgan fingerprint density at radius 1 is 1.26 bits per heavy atom. The Balaban J connectivity index is 1.24. The number of carbonyl (C=O) groups excluding carboxylic acids is 1. The number of halogens is 2. The van der Waals surface area contributed by atoms with Crippen molar-refractivity contribution in [2.45, 2.75) is 25.6 Å². The third-order valence-corrected chi connectivity index (χ3v) is 6.98. The van der Waals surface area contributed by atoms with Gasteiger partial charge in [0.25, 0.3) is 0 Å². The van der Waals surface area contributed by atoms with Crippen LogP contribution in [0.3, 0.4) is 0 Å². The van der Waals surface area contributed by atoms with Gasteiger partial charge in [-0.3, -0.25) is 15.1 Å². The van der Waals surface area contributed by atoms with Gasteiger partial charge in [0.05, 0.1) is 11.6 Å². The maximum atomic E-state index is 15.1. The average molecular weight is 493 g/mol. The van der Waals surface area contributed by atoms with Crippen molar-refractivity contribution in [1.82, 2.24) is 25.1 Å². The van der Waals surface area contributed by atoms with E-state index in [1.165, 1.54) is 6.20 Å². The van der Waals surface area contributed by atoms with E-state index in [4.69, 9.17) is 16.3 Å². The molecule has 178 valence electrons. The van der Waals surface area contributed by atoms with E-state index in [-0.39, 0.29) is 29.1 Å². The summed E-state index contributed by atoms with van der Waals surface area (Å²) < 4.78 is 22.5. The summed E-state index contributed by atoms with van der Waals surface area (Å²) in [5.74, 6) is -0.375. The number of hydrogen-bond acceptors (Lipinski definition) is 6. The SMILES string of the molecule is Cc1ccncc1-c1cc2cc(NC(=O)[C@@H]3C[C@H]3c3ccnn3C3NCCO3)ncc2c(Cl)c1F. The summed E-state index contributed by atoms with van der Waals surface area (Å²) in [4.78, 5) is 21.4. The lowest BCUT2D eigenvalue weighted by Crippen LogP contribution is -2.24. The highest BCUT2D eigenvalue weighted by Crippen LogP contribution is 2.48. The third-order valence-electron chi connectivity index (χ3n) is 6.61. The third kappa shape index (κ3) is 3.95. The highest BCUT2D eigenvalue weighted by atomic mass is 35.5. The summed E-state index contributed by atoms with van der Waals surface area (Å²) in [6, 6.07) is 7.17. The molecule has 8 nitrogen and oxygen atoms in total. The van der Waals surface area contributed by atoms with Crippen LogP contribution in [0.5, 0.6) is 0 Å². The Hall–Kier alpha value is -3.40. The molecule has 4 aromatic rings. The van der Waals surface area contributed by atoms with Gasteiger partial charge in [-0.25, -0.2) is 14.1 Å². The van der Waals surface area contributed by atoms with Crippen LogP contribution in [-0.2, 0) is 9.53 Å². The molecular weight excluding hydrogens is 471 g/mol. The number of anilines is 1. The number of nitrogens with zero attached hydrogens (tertiary/aromatic N) is 4. The van der Waals surface area contributed by atoms with Gasteiger partial charge in [-0.15, -0.1) is 0 Å². The van der Waals surface area contributed by atoms with Crippen molar-refractivity contribution in [1.29, 1.82) is 0 Å². The van der Waals surface area contributed by atoms with E-state index >= 15 is 4.39 Å². The second kappa shape index (κ2) is 8.67. The first-order chi connectivity index (χ1) is 17.0. The number of carbonyl (C=O) groups is 1. The molecule has 1 unspecified atom stereocenters. The summed E-state index contributed by atoms with van der Waals surface area (Å²) in [7, 11) is 0. The Labute approximate surface area is 205 Å². The fourth-order valence-electron chi connectivity index (χ4n) is 4.65. The molecule has 1 aliphatic carbocycles. The van der Waals surface area contributed by atoms with E-state index in [2.05, 4.69) is 25.7 Å². The molecular formula is C25H22ClFN6O2. The van der Waals surface area contributed by atoms with Gasteiger partial charge in [0.1, 0.15) is 11.6 Å². The average Bonchev–Trinajstić information content (AvgIpc) is 3.23. The Morgan fingerprint density at radius 3 is 2.94 bits per heavy atom. The number of pyridine rings is 2. The van der Waals surface area contributed by atoms with Crippen LogP contribution in [-0.4, -0.2) is 38.8 Å². The van der Waals surface area contributed by atoms with E-state index in [0.29, 0.717) is 34.3 Å². The minimum atomic E-state index is -0.521. The maximum absolute atomic E-state index is 15.1. The molecule has 3 atom stereocenters. The molecule has 0 radical (unpaired) electrons. The lowest BCUT2D eigenvalue weighted by Gasteiger charge is -2.14. The summed E-state index contributed by atoms with van der Waals surface area (Å²) in [6.45, 7) is 3.28.